The average Bonchev–Trinajstić information content (AvgIpc) is 3.50. The molecule has 0 saturated carbocycles. The Morgan fingerprint density at radius 2 is 2.09 bits per heavy atom. The molecule has 0 amide bonds. The lowest BCUT2D eigenvalue weighted by Crippen LogP contribution is -2.35. The quantitative estimate of drug-likeness (QED) is 0.227. The molecule has 184 valence electrons. The van der Waals surface area contributed by atoms with Crippen molar-refractivity contribution in [3.63, 3.8) is 0 Å². The van der Waals surface area contributed by atoms with Crippen LogP contribution in [-0.2, 0) is 16.9 Å². The van der Waals surface area contributed by atoms with Crippen molar-refractivity contribution in [3.05, 3.63) is 59.1 Å². The van der Waals surface area contributed by atoms with Crippen molar-refractivity contribution in [2.24, 2.45) is 0 Å². The fourth-order valence-corrected chi connectivity index (χ4v) is 5.26. The summed E-state index contributed by atoms with van der Waals surface area (Å²) in [6.45, 7) is 3.63. The normalized spacial score (nSPS) is 19.2. The van der Waals surface area contributed by atoms with Crippen LogP contribution in [0.4, 0.5) is 0 Å². The number of ether oxygens (including phenoxy) is 1. The number of aliphatic hydroxyl groups is 2. The van der Waals surface area contributed by atoms with E-state index < -0.39 is 6.23 Å². The van der Waals surface area contributed by atoms with Crippen LogP contribution in [0.1, 0.15) is 61.9 Å². The van der Waals surface area contributed by atoms with Crippen LogP contribution in [0.15, 0.2) is 47.3 Å². The van der Waals surface area contributed by atoms with Crippen LogP contribution in [-0.4, -0.2) is 50.5 Å². The first kappa shape index (κ1) is 25.0. The predicted molar refractivity (Wildman–Crippen MR) is 136 cm³/mol. The molecule has 2 aromatic rings. The molecule has 0 spiro atoms. The Hall–Kier alpha value is -2.13. The van der Waals surface area contributed by atoms with Gasteiger partial charge in [-0.2, -0.15) is 0 Å². The lowest BCUT2D eigenvalue weighted by atomic mass is 10.1. The van der Waals surface area contributed by atoms with E-state index in [1.165, 1.54) is 11.1 Å². The molecule has 3 N–H and O–H groups in total. The third kappa shape index (κ3) is 7.18. The second kappa shape index (κ2) is 12.5. The van der Waals surface area contributed by atoms with Crippen molar-refractivity contribution < 1.29 is 14.9 Å². The highest BCUT2D eigenvalue weighted by molar-refractivity contribution is 7.98. The molecule has 7 nitrogen and oxygen atoms in total. The first-order valence-corrected chi connectivity index (χ1v) is 13.3. The molecule has 0 bridgehead atoms. The highest BCUT2D eigenvalue weighted by atomic mass is 32.2. The number of benzene rings is 1. The highest BCUT2D eigenvalue weighted by Crippen LogP contribution is 2.30. The van der Waals surface area contributed by atoms with Gasteiger partial charge in [0, 0.05) is 31.0 Å². The molecule has 0 radical (unpaired) electrons. The number of nitrogens with zero attached hydrogens (tertiary/aromatic N) is 3. The Morgan fingerprint density at radius 3 is 2.85 bits per heavy atom. The minimum atomic E-state index is -0.508. The van der Waals surface area contributed by atoms with E-state index in [2.05, 4.69) is 51.3 Å². The van der Waals surface area contributed by atoms with E-state index >= 15 is 0 Å². The van der Waals surface area contributed by atoms with Crippen LogP contribution >= 0.6 is 11.8 Å². The van der Waals surface area contributed by atoms with Gasteiger partial charge in [-0.25, -0.2) is 0 Å². The fourth-order valence-electron chi connectivity index (χ4n) is 4.32. The molecule has 1 fully saturated rings. The van der Waals surface area contributed by atoms with Crippen LogP contribution in [0.5, 0.6) is 0 Å². The van der Waals surface area contributed by atoms with Crippen molar-refractivity contribution in [1.82, 2.24) is 20.1 Å². The number of unbranched alkanes of at least 4 members (excludes halogenated alkanes) is 1. The van der Waals surface area contributed by atoms with E-state index in [1.54, 1.807) is 11.8 Å². The minimum absolute atomic E-state index is 0.235. The van der Waals surface area contributed by atoms with Crippen LogP contribution in [0.25, 0.3) is 5.70 Å². The Kier molecular flexibility index (Phi) is 9.21. The molecule has 1 saturated heterocycles. The third-order valence-electron chi connectivity index (χ3n) is 6.28. The standard InChI is InChI=1S/C26H36N4O3S/c1-19-11-13-20(14-12-19)18-34-26-29-28-24(30(26)21-6-4-7-22(31)16-21)9-2-3-10-25(32)27-17-23-8-5-15-33-23/h7,11-14,16,23,25,27,31-32H,2-6,8-10,15,17-18H2,1H3. The number of aromatic nitrogens is 3. The maximum Gasteiger partial charge on any atom is 0.195 e. The number of rotatable bonds is 12. The van der Waals surface area contributed by atoms with Gasteiger partial charge in [0.25, 0.3) is 0 Å². The molecule has 4 rings (SSSR count). The molecule has 34 heavy (non-hydrogen) atoms. The lowest BCUT2D eigenvalue weighted by Gasteiger charge is -2.17. The van der Waals surface area contributed by atoms with Crippen molar-refractivity contribution in [2.45, 2.75) is 81.5 Å². The van der Waals surface area contributed by atoms with E-state index in [9.17, 15) is 10.2 Å². The number of thioether (sulfide) groups is 1. The number of allylic oxidation sites excluding steroid dienone is 3. The molecular weight excluding hydrogens is 448 g/mol. The van der Waals surface area contributed by atoms with Gasteiger partial charge in [0.05, 0.1) is 6.10 Å². The van der Waals surface area contributed by atoms with Gasteiger partial charge in [-0.15, -0.1) is 10.2 Å². The SMILES string of the molecule is Cc1ccc(CSc2nnc(CCCCC(O)NCC3CCCO3)n2C2=CC(O)=CCC2)cc1. The van der Waals surface area contributed by atoms with Gasteiger partial charge in [0.1, 0.15) is 17.8 Å². The van der Waals surface area contributed by atoms with Gasteiger partial charge in [0.2, 0.25) is 0 Å². The number of hydrogen-bond donors (Lipinski definition) is 3. The average molecular weight is 485 g/mol. The van der Waals surface area contributed by atoms with Crippen LogP contribution in [0.3, 0.4) is 0 Å². The van der Waals surface area contributed by atoms with Gasteiger partial charge >= 0.3 is 0 Å². The van der Waals surface area contributed by atoms with Crippen molar-refractivity contribution >= 4 is 17.5 Å². The van der Waals surface area contributed by atoms with Gasteiger partial charge in [-0.05, 0) is 69.6 Å². The highest BCUT2D eigenvalue weighted by Gasteiger charge is 2.19. The van der Waals surface area contributed by atoms with Crippen molar-refractivity contribution in [3.8, 4) is 0 Å². The van der Waals surface area contributed by atoms with Crippen LogP contribution < -0.4 is 5.32 Å². The third-order valence-corrected chi connectivity index (χ3v) is 7.28. The predicted octanol–water partition coefficient (Wildman–Crippen LogP) is 4.76. The first-order valence-electron chi connectivity index (χ1n) is 12.3. The van der Waals surface area contributed by atoms with E-state index in [-0.39, 0.29) is 6.10 Å². The van der Waals surface area contributed by atoms with Crippen LogP contribution in [0, 0.1) is 6.92 Å². The van der Waals surface area contributed by atoms with Crippen LogP contribution in [0.2, 0.25) is 0 Å². The molecule has 1 aliphatic carbocycles. The van der Waals surface area contributed by atoms with E-state index in [4.69, 9.17) is 4.74 Å². The fraction of sp³-hybridized carbons (Fsp3) is 0.538. The second-order valence-corrected chi connectivity index (χ2v) is 10.1. The summed E-state index contributed by atoms with van der Waals surface area (Å²) < 4.78 is 7.72. The van der Waals surface area contributed by atoms with Crippen molar-refractivity contribution in [1.29, 1.82) is 0 Å². The maximum absolute atomic E-state index is 10.2. The van der Waals surface area contributed by atoms with Crippen molar-refractivity contribution in [2.75, 3.05) is 13.2 Å². The summed E-state index contributed by atoms with van der Waals surface area (Å²) >= 11 is 1.67. The zero-order valence-electron chi connectivity index (χ0n) is 19.9. The summed E-state index contributed by atoms with van der Waals surface area (Å²) in [5.74, 6) is 2.03. The summed E-state index contributed by atoms with van der Waals surface area (Å²) in [6, 6.07) is 8.55. The number of aliphatic hydroxyl groups excluding tert-OH is 2. The Bertz CT molecular complexity index is 980. The smallest absolute Gasteiger partial charge is 0.195 e. The van der Waals surface area contributed by atoms with Gasteiger partial charge in [-0.1, -0.05) is 41.6 Å². The van der Waals surface area contributed by atoms with E-state index in [0.29, 0.717) is 18.7 Å². The molecule has 1 aromatic heterocycles. The molecule has 2 unspecified atom stereocenters. The van der Waals surface area contributed by atoms with Gasteiger partial charge in [-0.3, -0.25) is 9.88 Å². The Morgan fingerprint density at radius 1 is 1.24 bits per heavy atom. The Balaban J connectivity index is 1.34. The van der Waals surface area contributed by atoms with Gasteiger partial charge < -0.3 is 14.9 Å². The molecule has 2 aliphatic rings. The topological polar surface area (TPSA) is 92.4 Å². The number of aryl methyl sites for hydroxylation is 2. The zero-order valence-corrected chi connectivity index (χ0v) is 20.8. The summed E-state index contributed by atoms with van der Waals surface area (Å²) in [7, 11) is 0. The monoisotopic (exact) mass is 484 g/mol. The first-order chi connectivity index (χ1) is 16.6. The summed E-state index contributed by atoms with van der Waals surface area (Å²) in [5.41, 5.74) is 3.53. The van der Waals surface area contributed by atoms with E-state index in [0.717, 1.165) is 74.0 Å². The largest absolute Gasteiger partial charge is 0.508 e. The lowest BCUT2D eigenvalue weighted by molar-refractivity contribution is 0.0733. The number of hydrogen-bond acceptors (Lipinski definition) is 7. The second-order valence-electron chi connectivity index (χ2n) is 9.12. The van der Waals surface area contributed by atoms with E-state index in [1.807, 2.05) is 12.2 Å². The molecule has 1 aliphatic heterocycles. The van der Waals surface area contributed by atoms with Gasteiger partial charge in [0.15, 0.2) is 5.16 Å². The molecule has 1 aromatic carbocycles. The minimum Gasteiger partial charge on any atom is -0.508 e. The zero-order chi connectivity index (χ0) is 23.8. The Labute approximate surface area is 206 Å². The molecule has 2 atom stereocenters. The molecular formula is C26H36N4O3S. The molecule has 8 heteroatoms. The maximum atomic E-state index is 10.2. The summed E-state index contributed by atoms with van der Waals surface area (Å²) in [4.78, 5) is 0. The number of nitrogens with one attached hydrogen (secondary N) is 1. The molecule has 2 heterocycles. The summed E-state index contributed by atoms with van der Waals surface area (Å²) in [6.07, 6.45) is 10.5. The summed E-state index contributed by atoms with van der Waals surface area (Å²) in [5, 5.41) is 33.4.